The van der Waals surface area contributed by atoms with Gasteiger partial charge in [-0.3, -0.25) is 18.9 Å². The molecule has 0 aromatic carbocycles. The number of carbonyl (C=O) groups is 3. The Bertz CT molecular complexity index is 1230. The van der Waals surface area contributed by atoms with Gasteiger partial charge in [-0.15, -0.1) is 0 Å². The maximum absolute atomic E-state index is 12.9. The van der Waals surface area contributed by atoms with E-state index in [-0.39, 0.29) is 38.1 Å². The maximum Gasteiger partial charge on any atom is 0.306 e. The summed E-state index contributed by atoms with van der Waals surface area (Å²) in [4.78, 5) is 50.7. The minimum absolute atomic E-state index is 0.0143. The average molecular weight is 1020 g/mol. The highest BCUT2D eigenvalue weighted by atomic mass is 31.2. The smallest absolute Gasteiger partial charge is 0.306 e. The molecule has 70 heavy (non-hydrogen) atoms. The SMILES string of the molecule is CCCCCCCCCCCCCCCC(=O)OC[C@H](COP(=O)([O-])OCC[N+](C)(C)C)OC(=O)CCCCCCCCCCC(CCCCCC)OC(=O)CCCCCCCCCCCCCCC. The molecule has 3 atom stereocenters. The second kappa shape index (κ2) is 49.7. The van der Waals surface area contributed by atoms with Gasteiger partial charge in [-0.2, -0.15) is 0 Å². The molecular formula is C58H114NO10P. The molecule has 0 aliphatic carbocycles. The summed E-state index contributed by atoms with van der Waals surface area (Å²) >= 11 is 0. The fourth-order valence-electron chi connectivity index (χ4n) is 8.84. The fraction of sp³-hybridized carbons (Fsp3) is 0.948. The van der Waals surface area contributed by atoms with Gasteiger partial charge < -0.3 is 32.6 Å². The number of carbonyl (C=O) groups excluding carboxylic acids is 3. The van der Waals surface area contributed by atoms with Crippen LogP contribution in [-0.2, 0) is 42.2 Å². The van der Waals surface area contributed by atoms with E-state index in [1.54, 1.807) is 0 Å². The Morgan fingerprint density at radius 2 is 0.700 bits per heavy atom. The molecule has 0 amide bonds. The number of quaternary nitrogens is 1. The van der Waals surface area contributed by atoms with E-state index in [9.17, 15) is 23.8 Å². The lowest BCUT2D eigenvalue weighted by molar-refractivity contribution is -0.870. The largest absolute Gasteiger partial charge is 0.756 e. The van der Waals surface area contributed by atoms with Crippen molar-refractivity contribution in [1.29, 1.82) is 0 Å². The second-order valence-corrected chi connectivity index (χ2v) is 23.1. The number of ether oxygens (including phenoxy) is 3. The Hall–Kier alpha value is -1.52. The standard InChI is InChI=1S/C58H114NO10P/c1-7-10-13-16-18-20-22-24-26-28-33-37-42-47-56(60)65-52-55(53-67-70(63,64)66-51-50-59(4,5)6)69-58(62)49-44-39-35-31-30-32-36-41-46-54(45-40-15-12-9-3)68-57(61)48-43-38-34-29-27-25-23-21-19-17-14-11-8-2/h54-55H,7-53H2,1-6H3/t54?,55-/m1/s1. The normalized spacial score (nSPS) is 13.5. The third-order valence-corrected chi connectivity index (χ3v) is 14.4. The molecule has 2 unspecified atom stereocenters. The highest BCUT2D eigenvalue weighted by Gasteiger charge is 2.22. The molecule has 0 saturated heterocycles. The van der Waals surface area contributed by atoms with Crippen LogP contribution in [0.4, 0.5) is 0 Å². The summed E-state index contributed by atoms with van der Waals surface area (Å²) in [7, 11) is 1.13. The minimum Gasteiger partial charge on any atom is -0.756 e. The van der Waals surface area contributed by atoms with Gasteiger partial charge in [-0.1, -0.05) is 233 Å². The zero-order valence-corrected chi connectivity index (χ0v) is 47.8. The molecular weight excluding hydrogens is 902 g/mol. The summed E-state index contributed by atoms with van der Waals surface area (Å²) in [5.74, 6) is -0.878. The predicted molar refractivity (Wildman–Crippen MR) is 289 cm³/mol. The second-order valence-electron chi connectivity index (χ2n) is 21.7. The Balaban J connectivity index is 4.49. The Morgan fingerprint density at radius 3 is 1.06 bits per heavy atom. The summed E-state index contributed by atoms with van der Waals surface area (Å²) in [5, 5.41) is 0. The quantitative estimate of drug-likeness (QED) is 0.0190. The number of hydrogen-bond donors (Lipinski definition) is 0. The van der Waals surface area contributed by atoms with Crippen molar-refractivity contribution in [2.45, 2.75) is 309 Å². The lowest BCUT2D eigenvalue weighted by atomic mass is 10.0. The van der Waals surface area contributed by atoms with Crippen LogP contribution in [0.2, 0.25) is 0 Å². The van der Waals surface area contributed by atoms with Crippen molar-refractivity contribution >= 4 is 25.7 Å². The van der Waals surface area contributed by atoms with E-state index in [0.717, 1.165) is 96.3 Å². The van der Waals surface area contributed by atoms with Crippen LogP contribution in [0.5, 0.6) is 0 Å². The summed E-state index contributed by atoms with van der Waals surface area (Å²) in [6.45, 7) is 6.41. The Kier molecular flexibility index (Phi) is 48.6. The van der Waals surface area contributed by atoms with E-state index in [4.69, 9.17) is 23.3 Å². The molecule has 0 radical (unpaired) electrons. The topological polar surface area (TPSA) is 137 Å². The van der Waals surface area contributed by atoms with Crippen molar-refractivity contribution in [2.24, 2.45) is 0 Å². The van der Waals surface area contributed by atoms with Gasteiger partial charge >= 0.3 is 17.9 Å². The van der Waals surface area contributed by atoms with Crippen LogP contribution in [0.1, 0.15) is 297 Å². The van der Waals surface area contributed by atoms with E-state index in [1.807, 2.05) is 21.1 Å². The van der Waals surface area contributed by atoms with Gasteiger partial charge in [0.2, 0.25) is 0 Å². The van der Waals surface area contributed by atoms with Crippen molar-refractivity contribution in [1.82, 2.24) is 0 Å². The first-order valence-electron chi connectivity index (χ1n) is 29.8. The molecule has 0 rings (SSSR count). The van der Waals surface area contributed by atoms with E-state index in [2.05, 4.69) is 20.8 Å². The molecule has 0 aromatic heterocycles. The number of hydrogen-bond acceptors (Lipinski definition) is 10. The molecule has 0 spiro atoms. The lowest BCUT2D eigenvalue weighted by Gasteiger charge is -2.28. The van der Waals surface area contributed by atoms with E-state index >= 15 is 0 Å². The first-order valence-corrected chi connectivity index (χ1v) is 31.2. The lowest BCUT2D eigenvalue weighted by Crippen LogP contribution is -2.37. The van der Waals surface area contributed by atoms with Gasteiger partial charge in [0.15, 0.2) is 6.10 Å². The zero-order valence-electron chi connectivity index (χ0n) is 46.9. The highest BCUT2D eigenvalue weighted by Crippen LogP contribution is 2.38. The monoisotopic (exact) mass is 1020 g/mol. The summed E-state index contributed by atoms with van der Waals surface area (Å²) in [6.07, 6.45) is 47.4. The van der Waals surface area contributed by atoms with Gasteiger partial charge in [0, 0.05) is 19.3 Å². The van der Waals surface area contributed by atoms with E-state index < -0.39 is 32.5 Å². The van der Waals surface area contributed by atoms with Crippen molar-refractivity contribution in [3.8, 4) is 0 Å². The van der Waals surface area contributed by atoms with Crippen LogP contribution in [0.25, 0.3) is 0 Å². The van der Waals surface area contributed by atoms with Gasteiger partial charge in [-0.25, -0.2) is 0 Å². The van der Waals surface area contributed by atoms with Crippen LogP contribution in [0, 0.1) is 0 Å². The van der Waals surface area contributed by atoms with Gasteiger partial charge in [0.05, 0.1) is 27.7 Å². The maximum atomic E-state index is 12.9. The first-order chi connectivity index (χ1) is 33.8. The van der Waals surface area contributed by atoms with E-state index in [0.29, 0.717) is 23.9 Å². The molecule has 12 heteroatoms. The van der Waals surface area contributed by atoms with Crippen LogP contribution in [0.15, 0.2) is 0 Å². The Labute approximate surface area is 432 Å². The minimum atomic E-state index is -4.65. The van der Waals surface area contributed by atoms with Gasteiger partial charge in [0.1, 0.15) is 25.9 Å². The number of phosphoric ester groups is 1. The molecule has 0 aliphatic rings. The first kappa shape index (κ1) is 68.5. The molecule has 0 aromatic rings. The van der Waals surface area contributed by atoms with Gasteiger partial charge in [-0.05, 0) is 44.9 Å². The molecule has 0 saturated carbocycles. The van der Waals surface area contributed by atoms with E-state index in [1.165, 1.54) is 154 Å². The number of nitrogens with zero attached hydrogens (tertiary/aromatic N) is 1. The summed E-state index contributed by atoms with van der Waals surface area (Å²) < 4.78 is 40.2. The number of rotatable bonds is 55. The molecule has 0 heterocycles. The van der Waals surface area contributed by atoms with Crippen molar-refractivity contribution in [2.75, 3.05) is 47.5 Å². The predicted octanol–water partition coefficient (Wildman–Crippen LogP) is 16.4. The van der Waals surface area contributed by atoms with Crippen molar-refractivity contribution in [3.63, 3.8) is 0 Å². The molecule has 416 valence electrons. The molecule has 11 nitrogen and oxygen atoms in total. The Morgan fingerprint density at radius 1 is 0.400 bits per heavy atom. The van der Waals surface area contributed by atoms with Gasteiger partial charge in [0.25, 0.3) is 7.82 Å². The molecule has 0 aliphatic heterocycles. The van der Waals surface area contributed by atoms with Crippen molar-refractivity contribution in [3.05, 3.63) is 0 Å². The molecule has 0 bridgehead atoms. The summed E-state index contributed by atoms with van der Waals surface area (Å²) in [5.41, 5.74) is 0. The summed E-state index contributed by atoms with van der Waals surface area (Å²) in [6, 6.07) is 0. The van der Waals surface area contributed by atoms with Crippen LogP contribution in [0.3, 0.4) is 0 Å². The molecule has 0 N–H and O–H groups in total. The van der Waals surface area contributed by atoms with Crippen molar-refractivity contribution < 1.29 is 51.6 Å². The third-order valence-electron chi connectivity index (χ3n) is 13.5. The molecule has 0 fully saturated rings. The third kappa shape index (κ3) is 51.4. The highest BCUT2D eigenvalue weighted by molar-refractivity contribution is 7.45. The average Bonchev–Trinajstić information content (AvgIpc) is 3.31. The fourth-order valence-corrected chi connectivity index (χ4v) is 9.57. The zero-order chi connectivity index (χ0) is 51.7. The number of likely N-dealkylation sites (N-methyl/N-ethyl adjacent to an activating group) is 1. The number of unbranched alkanes of at least 4 members (excludes halogenated alkanes) is 34. The van der Waals surface area contributed by atoms with Crippen LogP contribution < -0.4 is 4.89 Å². The number of phosphoric acid groups is 1. The van der Waals surface area contributed by atoms with Crippen LogP contribution >= 0.6 is 7.82 Å². The van der Waals surface area contributed by atoms with Crippen LogP contribution in [-0.4, -0.2) is 82.1 Å². The number of esters is 3.